The maximum absolute atomic E-state index is 12.3. The summed E-state index contributed by atoms with van der Waals surface area (Å²) in [4.78, 5) is 6.18. The Hall–Kier alpha value is -1.89. The first kappa shape index (κ1) is 15.5. The molecule has 0 amide bonds. The molecule has 1 heterocycles. The normalized spacial score (nSPS) is 21.8. The predicted molar refractivity (Wildman–Crippen MR) is 75.5 cm³/mol. The van der Waals surface area contributed by atoms with Crippen molar-refractivity contribution < 1.29 is 18.3 Å². The van der Waals surface area contributed by atoms with Gasteiger partial charge in [-0.25, -0.2) is 0 Å². The van der Waals surface area contributed by atoms with Gasteiger partial charge in [0.1, 0.15) is 5.75 Å². The number of hydrogen-bond acceptors (Lipinski definition) is 5. The molecule has 0 fully saturated rings. The zero-order valence-corrected chi connectivity index (χ0v) is 12.1. The van der Waals surface area contributed by atoms with Crippen LogP contribution in [0.4, 0.5) is 8.78 Å². The smallest absolute Gasteiger partial charge is 0.387 e. The molecule has 1 aliphatic heterocycles. The van der Waals surface area contributed by atoms with E-state index in [2.05, 4.69) is 9.73 Å². The lowest BCUT2D eigenvalue weighted by molar-refractivity contribution is -0.0499. The summed E-state index contributed by atoms with van der Waals surface area (Å²) in [5.41, 5.74) is 6.25. The first-order chi connectivity index (χ1) is 9.97. The van der Waals surface area contributed by atoms with E-state index in [1.807, 2.05) is 17.9 Å². The van der Waals surface area contributed by atoms with Crippen LogP contribution in [0.5, 0.6) is 5.75 Å². The molecule has 1 unspecified atom stereocenters. The third-order valence-corrected chi connectivity index (χ3v) is 3.62. The van der Waals surface area contributed by atoms with E-state index in [1.165, 1.54) is 6.07 Å². The molecular formula is C14H19F2N3O2. The molecule has 0 spiro atoms. The number of alkyl halides is 2. The van der Waals surface area contributed by atoms with Gasteiger partial charge < -0.3 is 20.1 Å². The highest BCUT2D eigenvalue weighted by molar-refractivity contribution is 5.81. The summed E-state index contributed by atoms with van der Waals surface area (Å²) in [6.07, 6.45) is 0. The number of nitrogens with two attached hydrogens (primary N) is 1. The van der Waals surface area contributed by atoms with Gasteiger partial charge in [0.05, 0.1) is 18.7 Å². The van der Waals surface area contributed by atoms with E-state index in [0.717, 1.165) is 5.56 Å². The molecule has 0 bridgehead atoms. The summed E-state index contributed by atoms with van der Waals surface area (Å²) in [6, 6.07) is 6.63. The molecule has 1 aromatic carbocycles. The quantitative estimate of drug-likeness (QED) is 0.870. The van der Waals surface area contributed by atoms with Gasteiger partial charge in [0.15, 0.2) is 5.96 Å². The predicted octanol–water partition coefficient (Wildman–Crippen LogP) is 1.78. The number of hydrogen-bond donors (Lipinski definition) is 1. The Labute approximate surface area is 122 Å². The Morgan fingerprint density at radius 1 is 1.48 bits per heavy atom. The number of aliphatic imine (C=N–C) groups is 1. The molecule has 0 aromatic heterocycles. The molecule has 21 heavy (non-hydrogen) atoms. The third kappa shape index (κ3) is 3.24. The summed E-state index contributed by atoms with van der Waals surface area (Å²) < 4.78 is 34.2. The largest absolute Gasteiger partial charge is 0.435 e. The molecule has 0 saturated heterocycles. The zero-order chi connectivity index (χ0) is 15.5. The average Bonchev–Trinajstić information content (AvgIpc) is 2.73. The molecule has 116 valence electrons. The minimum atomic E-state index is -2.84. The van der Waals surface area contributed by atoms with Gasteiger partial charge in [0.2, 0.25) is 0 Å². The minimum Gasteiger partial charge on any atom is -0.435 e. The molecule has 1 aliphatic rings. The minimum absolute atomic E-state index is 0.126. The summed E-state index contributed by atoms with van der Waals surface area (Å²) in [5.74, 6) is 0.551. The number of guanidine groups is 1. The van der Waals surface area contributed by atoms with E-state index in [4.69, 9.17) is 10.5 Å². The van der Waals surface area contributed by atoms with Crippen molar-refractivity contribution in [2.24, 2.45) is 10.7 Å². The van der Waals surface area contributed by atoms with Gasteiger partial charge in [0, 0.05) is 13.7 Å². The first-order valence-electron chi connectivity index (χ1n) is 6.59. The maximum atomic E-state index is 12.3. The second kappa shape index (κ2) is 6.26. The Bertz CT molecular complexity index is 525. The van der Waals surface area contributed by atoms with Crippen molar-refractivity contribution in [1.82, 2.24) is 4.90 Å². The van der Waals surface area contributed by atoms with Gasteiger partial charge in [-0.15, -0.1) is 0 Å². The molecule has 5 nitrogen and oxygen atoms in total. The fourth-order valence-corrected chi connectivity index (χ4v) is 2.46. The monoisotopic (exact) mass is 299 g/mol. The first-order valence-corrected chi connectivity index (χ1v) is 6.59. The number of halogens is 2. The van der Waals surface area contributed by atoms with Crippen LogP contribution in [-0.4, -0.2) is 44.3 Å². The number of nitrogens with zero attached hydrogens (tertiary/aromatic N) is 2. The number of benzene rings is 1. The van der Waals surface area contributed by atoms with E-state index in [-0.39, 0.29) is 5.75 Å². The van der Waals surface area contributed by atoms with Crippen LogP contribution in [0.15, 0.2) is 29.3 Å². The van der Waals surface area contributed by atoms with Crippen LogP contribution in [0.1, 0.15) is 12.5 Å². The fraction of sp³-hybridized carbons (Fsp3) is 0.500. The summed E-state index contributed by atoms with van der Waals surface area (Å²) in [5, 5.41) is 0. The van der Waals surface area contributed by atoms with Gasteiger partial charge in [0.25, 0.3) is 0 Å². The number of ether oxygens (including phenoxy) is 2. The lowest BCUT2D eigenvalue weighted by atomic mass is 9.91. The van der Waals surface area contributed by atoms with Crippen molar-refractivity contribution in [2.45, 2.75) is 19.1 Å². The van der Waals surface area contributed by atoms with E-state index in [1.54, 1.807) is 19.2 Å². The molecule has 1 atom stereocenters. The average molecular weight is 299 g/mol. The van der Waals surface area contributed by atoms with Gasteiger partial charge in [-0.05, 0) is 24.6 Å². The van der Waals surface area contributed by atoms with Crippen molar-refractivity contribution >= 4 is 5.96 Å². The van der Waals surface area contributed by atoms with E-state index < -0.39 is 12.2 Å². The van der Waals surface area contributed by atoms with Crippen LogP contribution in [0.25, 0.3) is 0 Å². The number of rotatable bonds is 6. The lowest BCUT2D eigenvalue weighted by Gasteiger charge is -2.36. The van der Waals surface area contributed by atoms with Crippen LogP contribution in [0.2, 0.25) is 0 Å². The van der Waals surface area contributed by atoms with Crippen LogP contribution in [0.3, 0.4) is 0 Å². The van der Waals surface area contributed by atoms with Crippen molar-refractivity contribution in [2.75, 3.05) is 26.8 Å². The molecule has 2 N–H and O–H groups in total. The van der Waals surface area contributed by atoms with Crippen LogP contribution in [-0.2, 0) is 10.3 Å². The van der Waals surface area contributed by atoms with Crippen molar-refractivity contribution in [3.8, 4) is 5.75 Å². The fourth-order valence-electron chi connectivity index (χ4n) is 2.46. The second-order valence-corrected chi connectivity index (χ2v) is 5.00. The Balaban J connectivity index is 2.26. The van der Waals surface area contributed by atoms with Crippen molar-refractivity contribution in [3.05, 3.63) is 29.8 Å². The molecule has 0 saturated carbocycles. The maximum Gasteiger partial charge on any atom is 0.387 e. The highest BCUT2D eigenvalue weighted by atomic mass is 19.3. The molecule has 1 aromatic rings. The zero-order valence-electron chi connectivity index (χ0n) is 12.1. The topological polar surface area (TPSA) is 60.1 Å². The molecule has 7 heteroatoms. The molecule has 2 rings (SSSR count). The number of methoxy groups -OCH3 is 1. The van der Waals surface area contributed by atoms with Gasteiger partial charge in [-0.3, -0.25) is 4.99 Å². The Morgan fingerprint density at radius 2 is 2.24 bits per heavy atom. The van der Waals surface area contributed by atoms with Crippen LogP contribution < -0.4 is 10.5 Å². The molecule has 0 radical (unpaired) electrons. The third-order valence-electron chi connectivity index (χ3n) is 3.62. The van der Waals surface area contributed by atoms with E-state index in [9.17, 15) is 8.78 Å². The van der Waals surface area contributed by atoms with E-state index in [0.29, 0.717) is 25.7 Å². The van der Waals surface area contributed by atoms with Crippen LogP contribution >= 0.6 is 0 Å². The summed E-state index contributed by atoms with van der Waals surface area (Å²) in [6.45, 7) is 0.651. The van der Waals surface area contributed by atoms with Crippen LogP contribution in [0, 0.1) is 0 Å². The SMILES string of the molecule is COCCN1C(N)=NCC1(C)c1cccc(OC(F)F)c1. The molecule has 0 aliphatic carbocycles. The summed E-state index contributed by atoms with van der Waals surface area (Å²) >= 11 is 0. The Kier molecular flexibility index (Phi) is 4.62. The summed E-state index contributed by atoms with van der Waals surface area (Å²) in [7, 11) is 1.61. The van der Waals surface area contributed by atoms with Crippen molar-refractivity contribution in [3.63, 3.8) is 0 Å². The lowest BCUT2D eigenvalue weighted by Crippen LogP contribution is -2.48. The van der Waals surface area contributed by atoms with Gasteiger partial charge in [-0.2, -0.15) is 8.78 Å². The molecular weight excluding hydrogens is 280 g/mol. The highest BCUT2D eigenvalue weighted by Crippen LogP contribution is 2.34. The van der Waals surface area contributed by atoms with Crippen molar-refractivity contribution in [1.29, 1.82) is 0 Å². The Morgan fingerprint density at radius 3 is 2.90 bits per heavy atom. The van der Waals surface area contributed by atoms with Gasteiger partial charge in [-0.1, -0.05) is 12.1 Å². The standard InChI is InChI=1S/C14H19F2N3O2/c1-14(9-18-13(17)19(14)6-7-20-2)10-4-3-5-11(8-10)21-12(15)16/h3-5,8,12H,6-7,9H2,1-2H3,(H2,17,18). The van der Waals surface area contributed by atoms with E-state index >= 15 is 0 Å². The second-order valence-electron chi connectivity index (χ2n) is 5.00. The van der Waals surface area contributed by atoms with Gasteiger partial charge >= 0.3 is 6.61 Å². The highest BCUT2D eigenvalue weighted by Gasteiger charge is 2.39.